The van der Waals surface area contributed by atoms with Gasteiger partial charge in [-0.2, -0.15) is 0 Å². The molecule has 8 nitrogen and oxygen atoms in total. The molecular formula is C29H28ClFN4O4. The Kier molecular flexibility index (Phi) is 6.43. The number of aryl methyl sites for hydroxylation is 1. The third kappa shape index (κ3) is 4.59. The zero-order valence-corrected chi connectivity index (χ0v) is 22.4. The van der Waals surface area contributed by atoms with Gasteiger partial charge in [-0.25, -0.2) is 19.2 Å². The van der Waals surface area contributed by atoms with E-state index in [2.05, 4.69) is 16.0 Å². The van der Waals surface area contributed by atoms with Crippen LogP contribution >= 0.6 is 11.6 Å². The van der Waals surface area contributed by atoms with Gasteiger partial charge in [-0.3, -0.25) is 4.90 Å². The van der Waals surface area contributed by atoms with E-state index in [1.807, 2.05) is 23.6 Å². The zero-order valence-electron chi connectivity index (χ0n) is 21.7. The summed E-state index contributed by atoms with van der Waals surface area (Å²) in [5.41, 5.74) is 2.67. The maximum atomic E-state index is 14.7. The highest BCUT2D eigenvalue weighted by Gasteiger charge is 2.43. The number of halogens is 2. The van der Waals surface area contributed by atoms with E-state index in [1.165, 1.54) is 12.1 Å². The molecule has 0 spiro atoms. The molecule has 202 valence electrons. The molecule has 2 aliphatic heterocycles. The van der Waals surface area contributed by atoms with Gasteiger partial charge in [0.1, 0.15) is 17.2 Å². The highest BCUT2D eigenvalue weighted by Crippen LogP contribution is 2.49. The van der Waals surface area contributed by atoms with Crippen LogP contribution in [0, 0.1) is 5.82 Å². The van der Waals surface area contributed by atoms with Gasteiger partial charge in [0, 0.05) is 24.1 Å². The molecule has 10 heteroatoms. The highest BCUT2D eigenvalue weighted by atomic mass is 35.5. The maximum Gasteiger partial charge on any atom is 0.354 e. The first-order valence-electron chi connectivity index (χ1n) is 13.0. The molecule has 1 fully saturated rings. The minimum Gasteiger partial charge on any atom is -0.477 e. The second kappa shape index (κ2) is 9.81. The van der Waals surface area contributed by atoms with Crippen LogP contribution in [0.4, 0.5) is 4.39 Å². The number of imidazole rings is 1. The van der Waals surface area contributed by atoms with Crippen LogP contribution < -0.4 is 9.47 Å². The molecule has 4 aromatic rings. The van der Waals surface area contributed by atoms with Crippen molar-refractivity contribution < 1.29 is 23.8 Å². The van der Waals surface area contributed by atoms with Crippen LogP contribution in [0.3, 0.4) is 0 Å². The Hall–Kier alpha value is -3.69. The molecule has 1 saturated heterocycles. The smallest absolute Gasteiger partial charge is 0.354 e. The molecule has 0 aliphatic carbocycles. The van der Waals surface area contributed by atoms with E-state index in [9.17, 15) is 14.3 Å². The summed E-state index contributed by atoms with van der Waals surface area (Å²) in [5, 5.41) is 9.64. The Morgan fingerprint density at radius 1 is 1.15 bits per heavy atom. The van der Waals surface area contributed by atoms with Crippen LogP contribution in [-0.2, 0) is 18.9 Å². The first kappa shape index (κ1) is 25.6. The highest BCUT2D eigenvalue weighted by molar-refractivity contribution is 6.30. The monoisotopic (exact) mass is 550 g/mol. The molecule has 0 radical (unpaired) electrons. The number of pyridine rings is 1. The number of carboxylic acids is 1. The van der Waals surface area contributed by atoms with Crippen LogP contribution in [-0.4, -0.2) is 43.6 Å². The Bertz CT molecular complexity index is 1580. The van der Waals surface area contributed by atoms with Crippen molar-refractivity contribution in [2.75, 3.05) is 13.1 Å². The van der Waals surface area contributed by atoms with Gasteiger partial charge < -0.3 is 19.1 Å². The van der Waals surface area contributed by atoms with Crippen LogP contribution in [0.25, 0.3) is 11.2 Å². The number of carboxylic acid groups (broad SMARTS) is 1. The SMILES string of the molecule is CCn1c(CN2CCC(c3cccc4c3OC(C)(c3ccc(Cl)cc3F)O4)CC2)nc2ccc(C(=O)O)nc21. The number of carbonyl (C=O) groups is 1. The number of ether oxygens (including phenoxy) is 2. The lowest BCUT2D eigenvalue weighted by atomic mass is 9.88. The van der Waals surface area contributed by atoms with Crippen molar-refractivity contribution in [3.05, 3.63) is 82.0 Å². The number of aromatic nitrogens is 3. The Morgan fingerprint density at radius 2 is 1.95 bits per heavy atom. The molecule has 1 atom stereocenters. The quantitative estimate of drug-likeness (QED) is 0.316. The van der Waals surface area contributed by atoms with Crippen LogP contribution in [0.2, 0.25) is 5.02 Å². The van der Waals surface area contributed by atoms with Crippen molar-refractivity contribution in [3.63, 3.8) is 0 Å². The summed E-state index contributed by atoms with van der Waals surface area (Å²) in [6.07, 6.45) is 1.83. The molecule has 0 saturated carbocycles. The van der Waals surface area contributed by atoms with E-state index in [0.29, 0.717) is 46.3 Å². The van der Waals surface area contributed by atoms with Crippen molar-refractivity contribution >= 4 is 28.7 Å². The second-order valence-corrected chi connectivity index (χ2v) is 10.6. The van der Waals surface area contributed by atoms with Gasteiger partial charge in [-0.15, -0.1) is 0 Å². The number of nitrogens with zero attached hydrogens (tertiary/aromatic N) is 4. The fraction of sp³-hybridized carbons (Fsp3) is 0.345. The molecule has 0 amide bonds. The van der Waals surface area contributed by atoms with Crippen molar-refractivity contribution in [1.82, 2.24) is 19.4 Å². The molecule has 2 aromatic carbocycles. The lowest BCUT2D eigenvalue weighted by Crippen LogP contribution is -2.34. The fourth-order valence-electron chi connectivity index (χ4n) is 5.66. The Labute approximate surface area is 229 Å². The number of fused-ring (bicyclic) bond motifs is 2. The minimum absolute atomic E-state index is 0.0148. The lowest BCUT2D eigenvalue weighted by Gasteiger charge is -2.32. The number of benzene rings is 2. The van der Waals surface area contributed by atoms with E-state index in [-0.39, 0.29) is 11.6 Å². The Balaban J connectivity index is 1.18. The van der Waals surface area contributed by atoms with Gasteiger partial charge in [0.15, 0.2) is 22.8 Å². The molecule has 2 aromatic heterocycles. The van der Waals surface area contributed by atoms with Gasteiger partial charge in [0.25, 0.3) is 5.79 Å². The first-order valence-corrected chi connectivity index (χ1v) is 13.4. The summed E-state index contributed by atoms with van der Waals surface area (Å²) in [6.45, 7) is 6.75. The molecule has 2 aliphatic rings. The molecule has 1 N–H and O–H groups in total. The average molecular weight is 551 g/mol. The largest absolute Gasteiger partial charge is 0.477 e. The molecule has 39 heavy (non-hydrogen) atoms. The van der Waals surface area contributed by atoms with Crippen LogP contribution in [0.15, 0.2) is 48.5 Å². The van der Waals surface area contributed by atoms with Gasteiger partial charge in [0.05, 0.1) is 12.1 Å². The molecular weight excluding hydrogens is 523 g/mol. The van der Waals surface area contributed by atoms with Gasteiger partial charge >= 0.3 is 5.97 Å². The minimum atomic E-state index is -1.28. The molecule has 6 rings (SSSR count). The number of hydrogen-bond acceptors (Lipinski definition) is 6. The second-order valence-electron chi connectivity index (χ2n) is 10.1. The molecule has 1 unspecified atom stereocenters. The van der Waals surface area contributed by atoms with Crippen molar-refractivity contribution in [2.24, 2.45) is 0 Å². The third-order valence-electron chi connectivity index (χ3n) is 7.63. The summed E-state index contributed by atoms with van der Waals surface area (Å²) in [4.78, 5) is 22.8. The number of likely N-dealkylation sites (tertiary alicyclic amines) is 1. The first-order chi connectivity index (χ1) is 18.8. The summed E-state index contributed by atoms with van der Waals surface area (Å²) < 4.78 is 29.2. The van der Waals surface area contributed by atoms with Crippen LogP contribution in [0.1, 0.15) is 60.0 Å². The average Bonchev–Trinajstić information content (AvgIpc) is 3.44. The van der Waals surface area contributed by atoms with Gasteiger partial charge in [0.2, 0.25) is 0 Å². The van der Waals surface area contributed by atoms with Crippen LogP contribution in [0.5, 0.6) is 11.5 Å². The molecule has 4 heterocycles. The van der Waals surface area contributed by atoms with Gasteiger partial charge in [-0.1, -0.05) is 23.7 Å². The summed E-state index contributed by atoms with van der Waals surface area (Å²) >= 11 is 5.95. The number of aromatic carboxylic acids is 1. The summed E-state index contributed by atoms with van der Waals surface area (Å²) in [6, 6.07) is 13.6. The predicted octanol–water partition coefficient (Wildman–Crippen LogP) is 5.97. The maximum absolute atomic E-state index is 14.7. The van der Waals surface area contributed by atoms with E-state index in [1.54, 1.807) is 25.1 Å². The van der Waals surface area contributed by atoms with E-state index < -0.39 is 17.6 Å². The number of piperidine rings is 1. The van der Waals surface area contributed by atoms with Crippen molar-refractivity contribution in [1.29, 1.82) is 0 Å². The standard InChI is InChI=1S/C29H28ClFN4O4/c1-3-35-25(32-22-9-10-23(28(36)37)33-27(22)35)16-34-13-11-17(12-14-34)19-5-4-6-24-26(19)39-29(2,38-24)20-8-7-18(30)15-21(20)31/h4-10,15,17H,3,11-14,16H2,1-2H3,(H,36,37). The summed E-state index contributed by atoms with van der Waals surface area (Å²) in [5.74, 6) is -0.384. The zero-order chi connectivity index (χ0) is 27.3. The number of rotatable bonds is 6. The van der Waals surface area contributed by atoms with E-state index >= 15 is 0 Å². The van der Waals surface area contributed by atoms with E-state index in [0.717, 1.165) is 37.3 Å². The molecule has 0 bridgehead atoms. The summed E-state index contributed by atoms with van der Waals surface area (Å²) in [7, 11) is 0. The fourth-order valence-corrected chi connectivity index (χ4v) is 5.82. The van der Waals surface area contributed by atoms with Crippen molar-refractivity contribution in [2.45, 2.75) is 51.5 Å². The normalized spacial score (nSPS) is 19.6. The van der Waals surface area contributed by atoms with Gasteiger partial charge in [-0.05, 0) is 75.2 Å². The predicted molar refractivity (Wildman–Crippen MR) is 144 cm³/mol. The number of para-hydroxylation sites is 1. The lowest BCUT2D eigenvalue weighted by molar-refractivity contribution is -0.0712. The number of hydrogen-bond donors (Lipinski definition) is 1. The van der Waals surface area contributed by atoms with E-state index in [4.69, 9.17) is 26.1 Å². The third-order valence-corrected chi connectivity index (χ3v) is 7.87. The Morgan fingerprint density at radius 3 is 2.67 bits per heavy atom. The topological polar surface area (TPSA) is 89.7 Å². The van der Waals surface area contributed by atoms with Crippen molar-refractivity contribution in [3.8, 4) is 11.5 Å².